The number of H-pyrrole nitrogens is 1. The lowest BCUT2D eigenvalue weighted by atomic mass is 9.94. The number of nitrogens with one attached hydrogen (secondary N) is 2. The number of aromatic nitrogens is 3. The number of hydrogen-bond donors (Lipinski definition) is 2. The number of nitriles is 1. The fourth-order valence-electron chi connectivity index (χ4n) is 5.45. The number of nitrogens with zero attached hydrogens (tertiary/aromatic N) is 4. The Bertz CT molecular complexity index is 1560. The Kier molecular flexibility index (Phi) is 7.17. The summed E-state index contributed by atoms with van der Waals surface area (Å²) in [5.74, 6) is -1.99. The number of hydrogen-bond acceptors (Lipinski definition) is 6. The fourth-order valence-corrected chi connectivity index (χ4v) is 6.52. The van der Waals surface area contributed by atoms with Gasteiger partial charge in [0.25, 0.3) is 11.8 Å². The van der Waals surface area contributed by atoms with E-state index in [1.807, 2.05) is 30.3 Å². The van der Waals surface area contributed by atoms with E-state index in [9.17, 15) is 13.6 Å². The average molecular weight is 559 g/mol. The first-order valence-electron chi connectivity index (χ1n) is 13.4. The fraction of sp³-hybridized carbons (Fsp3) is 0.333. The molecule has 2 aliphatic rings. The van der Waals surface area contributed by atoms with Crippen LogP contribution < -0.4 is 5.32 Å². The first-order chi connectivity index (χ1) is 19.3. The van der Waals surface area contributed by atoms with E-state index in [0.29, 0.717) is 35.8 Å². The molecule has 40 heavy (non-hydrogen) atoms. The van der Waals surface area contributed by atoms with Crippen molar-refractivity contribution in [3.63, 3.8) is 0 Å². The molecule has 0 bridgehead atoms. The van der Waals surface area contributed by atoms with Crippen LogP contribution in [0, 0.1) is 11.3 Å². The molecule has 7 nitrogen and oxygen atoms in total. The van der Waals surface area contributed by atoms with Crippen LogP contribution in [0.5, 0.6) is 0 Å². The Labute approximate surface area is 234 Å². The lowest BCUT2D eigenvalue weighted by Gasteiger charge is -2.38. The number of benzene rings is 2. The van der Waals surface area contributed by atoms with Crippen molar-refractivity contribution in [3.05, 3.63) is 87.8 Å². The van der Waals surface area contributed by atoms with Crippen LogP contribution in [-0.4, -0.2) is 50.8 Å². The number of carbonyl (C=O) groups is 1. The SMILES string of the molecule is N#Cc1ccc(-c2cnc(Cc3cccc(C(=O)Nc4nc5c(s4)CC(N4CCC(F)(F)CC4)CC5)c3)[nH]2)cc1. The van der Waals surface area contributed by atoms with E-state index in [2.05, 4.69) is 31.2 Å². The predicted octanol–water partition coefficient (Wildman–Crippen LogP) is 5.84. The van der Waals surface area contributed by atoms with Gasteiger partial charge in [-0.3, -0.25) is 15.0 Å². The third-order valence-electron chi connectivity index (χ3n) is 7.69. The molecule has 2 aromatic carbocycles. The molecule has 3 heterocycles. The zero-order valence-corrected chi connectivity index (χ0v) is 22.6. The van der Waals surface area contributed by atoms with Gasteiger partial charge in [0.15, 0.2) is 5.13 Å². The minimum atomic E-state index is -2.54. The molecule has 2 N–H and O–H groups in total. The van der Waals surface area contributed by atoms with Crippen molar-refractivity contribution < 1.29 is 13.6 Å². The van der Waals surface area contributed by atoms with E-state index in [0.717, 1.165) is 52.5 Å². The number of amides is 1. The molecule has 1 aliphatic heterocycles. The van der Waals surface area contributed by atoms with Crippen LogP contribution in [0.2, 0.25) is 0 Å². The number of alkyl halides is 2. The minimum absolute atomic E-state index is 0.0718. The Morgan fingerprint density at radius 1 is 1.20 bits per heavy atom. The summed E-state index contributed by atoms with van der Waals surface area (Å²) in [5, 5.41) is 12.5. The molecule has 0 radical (unpaired) electrons. The molecule has 1 fully saturated rings. The van der Waals surface area contributed by atoms with E-state index >= 15 is 0 Å². The highest BCUT2D eigenvalue weighted by molar-refractivity contribution is 7.15. The van der Waals surface area contributed by atoms with Gasteiger partial charge in [-0.2, -0.15) is 5.26 Å². The lowest BCUT2D eigenvalue weighted by molar-refractivity contribution is -0.0638. The lowest BCUT2D eigenvalue weighted by Crippen LogP contribution is -2.46. The molecular formula is C30H28F2N6OS. The molecule has 1 saturated heterocycles. The number of likely N-dealkylation sites (tertiary alicyclic amines) is 1. The predicted molar refractivity (Wildman–Crippen MR) is 150 cm³/mol. The quantitative estimate of drug-likeness (QED) is 0.310. The number of aryl methyl sites for hydroxylation is 1. The second-order valence-corrected chi connectivity index (χ2v) is 11.5. The zero-order valence-electron chi connectivity index (χ0n) is 21.8. The van der Waals surface area contributed by atoms with Gasteiger partial charge in [0.1, 0.15) is 5.82 Å². The van der Waals surface area contributed by atoms with Gasteiger partial charge in [0.05, 0.1) is 29.2 Å². The van der Waals surface area contributed by atoms with Crippen molar-refractivity contribution in [1.29, 1.82) is 5.26 Å². The van der Waals surface area contributed by atoms with Gasteiger partial charge in [-0.05, 0) is 54.7 Å². The van der Waals surface area contributed by atoms with Gasteiger partial charge in [0, 0.05) is 48.8 Å². The smallest absolute Gasteiger partial charge is 0.257 e. The molecule has 4 aromatic rings. The summed E-state index contributed by atoms with van der Waals surface area (Å²) >= 11 is 1.48. The number of halogens is 2. The van der Waals surface area contributed by atoms with Crippen molar-refractivity contribution in [2.45, 2.75) is 50.5 Å². The van der Waals surface area contributed by atoms with Crippen LogP contribution in [0.4, 0.5) is 13.9 Å². The summed E-state index contributed by atoms with van der Waals surface area (Å²) in [6.45, 7) is 0.862. The summed E-state index contributed by atoms with van der Waals surface area (Å²) in [7, 11) is 0. The molecule has 204 valence electrons. The number of fused-ring (bicyclic) bond motifs is 1. The van der Waals surface area contributed by atoms with Crippen molar-refractivity contribution in [1.82, 2.24) is 19.9 Å². The second kappa shape index (κ2) is 10.9. The van der Waals surface area contributed by atoms with Gasteiger partial charge in [-0.15, -0.1) is 11.3 Å². The number of imidazole rings is 1. The first kappa shape index (κ1) is 26.3. The number of carbonyl (C=O) groups excluding carboxylic acids is 1. The first-order valence-corrected chi connectivity index (χ1v) is 14.2. The van der Waals surface area contributed by atoms with Crippen molar-refractivity contribution in [2.24, 2.45) is 0 Å². The molecule has 6 rings (SSSR count). The molecule has 0 saturated carbocycles. The van der Waals surface area contributed by atoms with E-state index in [-0.39, 0.29) is 24.8 Å². The minimum Gasteiger partial charge on any atom is -0.342 e. The maximum absolute atomic E-state index is 13.6. The topological polar surface area (TPSA) is 97.7 Å². The Balaban J connectivity index is 1.08. The van der Waals surface area contributed by atoms with Crippen LogP contribution >= 0.6 is 11.3 Å². The summed E-state index contributed by atoms with van der Waals surface area (Å²) in [6, 6.07) is 17.1. The van der Waals surface area contributed by atoms with Crippen LogP contribution in [-0.2, 0) is 19.3 Å². The number of thiazole rings is 1. The number of piperidine rings is 1. The zero-order chi connectivity index (χ0) is 27.7. The maximum Gasteiger partial charge on any atom is 0.257 e. The Morgan fingerprint density at radius 3 is 2.77 bits per heavy atom. The second-order valence-electron chi connectivity index (χ2n) is 10.4. The normalized spacial score (nSPS) is 18.6. The van der Waals surface area contributed by atoms with Crippen molar-refractivity contribution in [3.8, 4) is 17.3 Å². The highest BCUT2D eigenvalue weighted by atomic mass is 32.1. The van der Waals surface area contributed by atoms with Crippen molar-refractivity contribution >= 4 is 22.4 Å². The average Bonchev–Trinajstić information content (AvgIpc) is 3.59. The molecule has 0 spiro atoms. The monoisotopic (exact) mass is 558 g/mol. The molecule has 1 amide bonds. The van der Waals surface area contributed by atoms with E-state index < -0.39 is 5.92 Å². The summed E-state index contributed by atoms with van der Waals surface area (Å²) < 4.78 is 27.2. The largest absolute Gasteiger partial charge is 0.342 e. The molecular weight excluding hydrogens is 530 g/mol. The molecule has 10 heteroatoms. The molecule has 1 atom stereocenters. The number of anilines is 1. The van der Waals surface area contributed by atoms with E-state index in [1.165, 1.54) is 11.3 Å². The van der Waals surface area contributed by atoms with Crippen LogP contribution in [0.25, 0.3) is 11.3 Å². The van der Waals surface area contributed by atoms with Gasteiger partial charge < -0.3 is 4.98 Å². The summed E-state index contributed by atoms with van der Waals surface area (Å²) in [4.78, 5) is 28.9. The standard InChI is InChI=1S/C30H28F2N6OS/c31-30(32)10-12-38(13-11-30)23-8-9-24-26(16-23)40-29(36-24)37-28(39)22-3-1-2-20(14-22)15-27-34-18-25(35-27)21-6-4-19(17-33)5-7-21/h1-7,14,18,23H,8-13,15-16H2,(H,34,35)(H,36,37,39). The third-order valence-corrected chi connectivity index (χ3v) is 8.73. The Hall–Kier alpha value is -3.94. The third kappa shape index (κ3) is 5.81. The summed E-state index contributed by atoms with van der Waals surface area (Å²) in [6.07, 6.45) is 4.64. The van der Waals surface area contributed by atoms with Gasteiger partial charge in [-0.1, -0.05) is 24.3 Å². The van der Waals surface area contributed by atoms with E-state index in [1.54, 1.807) is 24.4 Å². The number of aromatic amines is 1. The van der Waals surface area contributed by atoms with Crippen LogP contribution in [0.15, 0.2) is 54.7 Å². The number of rotatable bonds is 6. The van der Waals surface area contributed by atoms with Gasteiger partial charge in [-0.25, -0.2) is 18.7 Å². The van der Waals surface area contributed by atoms with E-state index in [4.69, 9.17) is 5.26 Å². The van der Waals surface area contributed by atoms with Crippen molar-refractivity contribution in [2.75, 3.05) is 18.4 Å². The van der Waals surface area contributed by atoms with Gasteiger partial charge >= 0.3 is 0 Å². The van der Waals surface area contributed by atoms with Crippen LogP contribution in [0.1, 0.15) is 57.1 Å². The summed E-state index contributed by atoms with van der Waals surface area (Å²) in [5.41, 5.74) is 4.90. The molecule has 2 aromatic heterocycles. The van der Waals surface area contributed by atoms with Gasteiger partial charge in [0.2, 0.25) is 0 Å². The highest BCUT2D eigenvalue weighted by Crippen LogP contribution is 2.35. The van der Waals surface area contributed by atoms with Crippen LogP contribution in [0.3, 0.4) is 0 Å². The molecule has 1 aliphatic carbocycles. The maximum atomic E-state index is 13.6. The molecule has 1 unspecified atom stereocenters. The highest BCUT2D eigenvalue weighted by Gasteiger charge is 2.37. The Morgan fingerprint density at radius 2 is 2.00 bits per heavy atom.